The van der Waals surface area contributed by atoms with Gasteiger partial charge < -0.3 is 4.12 Å². The van der Waals surface area contributed by atoms with E-state index in [9.17, 15) is 0 Å². The second-order valence-corrected chi connectivity index (χ2v) is 29.5. The fraction of sp³-hybridized carbons (Fsp3) is 0.0556. The molecule has 0 saturated heterocycles. The molecule has 0 aliphatic heterocycles. The summed E-state index contributed by atoms with van der Waals surface area (Å²) >= 11 is 0. The van der Waals surface area contributed by atoms with Gasteiger partial charge in [0.15, 0.2) is 0 Å². The summed E-state index contributed by atoms with van der Waals surface area (Å²) in [6.45, 7) is 9.50. The summed E-state index contributed by atoms with van der Waals surface area (Å²) in [5.41, 5.74) is 10.1. The summed E-state index contributed by atoms with van der Waals surface area (Å²) in [6.07, 6.45) is 0. The minimum absolute atomic E-state index is 1.23. The van der Waals surface area contributed by atoms with Crippen LogP contribution in [-0.2, 0) is 4.12 Å². The fourth-order valence-corrected chi connectivity index (χ4v) is 20.5. The van der Waals surface area contributed by atoms with Crippen molar-refractivity contribution in [1.29, 1.82) is 0 Å². The number of fused-ring (bicyclic) bond motifs is 8. The Hall–Kier alpha value is -8.45. The van der Waals surface area contributed by atoms with E-state index in [0.717, 1.165) is 0 Å². The minimum atomic E-state index is -2.37. The number of benzene rings is 14. The van der Waals surface area contributed by atoms with Crippen molar-refractivity contribution in [2.75, 3.05) is 0 Å². The quantitative estimate of drug-likeness (QED) is 0.109. The molecule has 0 amide bonds. The molecule has 0 atom stereocenters. The third-order valence-corrected chi connectivity index (χ3v) is 23.6. The summed E-state index contributed by atoms with van der Waals surface area (Å²) in [5.74, 6) is 0. The first-order valence-electron chi connectivity index (χ1n) is 26.3. The van der Waals surface area contributed by atoms with E-state index < -0.39 is 16.6 Å². The van der Waals surface area contributed by atoms with E-state index in [0.29, 0.717) is 0 Å². The van der Waals surface area contributed by atoms with Crippen LogP contribution >= 0.6 is 0 Å². The fourth-order valence-electron chi connectivity index (χ4n) is 12.5. The molecular weight excluding hydrogens is 937 g/mol. The van der Waals surface area contributed by atoms with Crippen molar-refractivity contribution in [2.45, 2.75) is 26.2 Å². The highest BCUT2D eigenvalue weighted by Crippen LogP contribution is 2.46. The monoisotopic (exact) mass is 990 g/mol. The predicted molar refractivity (Wildman–Crippen MR) is 330 cm³/mol. The zero-order chi connectivity index (χ0) is 50.4. The van der Waals surface area contributed by atoms with Gasteiger partial charge in [0.05, 0.1) is 0 Å². The van der Waals surface area contributed by atoms with Gasteiger partial charge in [-0.3, -0.25) is 0 Å². The van der Waals surface area contributed by atoms with Gasteiger partial charge in [-0.05, 0) is 192 Å². The second-order valence-electron chi connectivity index (χ2n) is 21.5. The van der Waals surface area contributed by atoms with E-state index >= 15 is 0 Å². The van der Waals surface area contributed by atoms with E-state index in [1.54, 1.807) is 0 Å². The van der Waals surface area contributed by atoms with Crippen LogP contribution in [-0.4, -0.2) is 16.6 Å². The lowest BCUT2D eigenvalue weighted by Crippen LogP contribution is -2.57. The average molecular weight is 991 g/mol. The molecule has 0 saturated carbocycles. The summed E-state index contributed by atoms with van der Waals surface area (Å²) in [4.78, 5) is 0. The molecule has 3 heteroatoms. The molecule has 0 N–H and O–H groups in total. The molecule has 0 radical (unpaired) electrons. The lowest BCUT2D eigenvalue weighted by atomic mass is 9.85. The smallest absolute Gasteiger partial charge is 0.206 e. The van der Waals surface area contributed by atoms with Crippen molar-refractivity contribution in [2.24, 2.45) is 0 Å². The summed E-state index contributed by atoms with van der Waals surface area (Å²) in [6, 6.07) is 95.1. The highest BCUT2D eigenvalue weighted by molar-refractivity contribution is 6.97. The SMILES string of the molecule is C[Si](C)(O[Si](C)(C)c1ccc2cc(-c3c4ccccc4c(-c4ccc5ccccc5c4)c4ccccc34)ccc2c1)c1ccc2cc(-c3c4ccccc4c(-c4ccc5ccccc5c4)c4ccccc34)ccc2c1. The van der Waals surface area contributed by atoms with Crippen LogP contribution in [0.15, 0.2) is 255 Å². The topological polar surface area (TPSA) is 9.23 Å². The van der Waals surface area contributed by atoms with Gasteiger partial charge in [0, 0.05) is 0 Å². The van der Waals surface area contributed by atoms with Crippen molar-refractivity contribution in [3.63, 3.8) is 0 Å². The van der Waals surface area contributed by atoms with Crippen LogP contribution < -0.4 is 10.4 Å². The minimum Gasteiger partial charge on any atom is -0.449 e. The number of hydrogen-bond acceptors (Lipinski definition) is 1. The molecule has 1 nitrogen and oxygen atoms in total. The molecule has 0 fully saturated rings. The van der Waals surface area contributed by atoms with Crippen molar-refractivity contribution < 1.29 is 4.12 Å². The largest absolute Gasteiger partial charge is 0.449 e. The van der Waals surface area contributed by atoms with E-state index in [1.165, 1.54) is 141 Å². The van der Waals surface area contributed by atoms with Gasteiger partial charge in [-0.2, -0.15) is 0 Å². The normalized spacial score (nSPS) is 12.3. The van der Waals surface area contributed by atoms with Crippen LogP contribution in [0.5, 0.6) is 0 Å². The lowest BCUT2D eigenvalue weighted by Gasteiger charge is -2.35. The van der Waals surface area contributed by atoms with Crippen LogP contribution in [0.3, 0.4) is 0 Å². The molecule has 0 aliphatic rings. The molecule has 14 aromatic rings. The highest BCUT2D eigenvalue weighted by atomic mass is 28.4. The van der Waals surface area contributed by atoms with Crippen molar-refractivity contribution in [1.82, 2.24) is 0 Å². The molecule has 0 aromatic heterocycles. The Balaban J connectivity index is 0.776. The Kier molecular flexibility index (Phi) is 10.6. The Morgan fingerprint density at radius 2 is 0.427 bits per heavy atom. The molecule has 14 rings (SSSR count). The maximum Gasteiger partial charge on any atom is 0.206 e. The highest BCUT2D eigenvalue weighted by Gasteiger charge is 2.36. The molecule has 356 valence electrons. The van der Waals surface area contributed by atoms with E-state index in [-0.39, 0.29) is 0 Å². The number of rotatable bonds is 8. The Morgan fingerprint density at radius 1 is 0.213 bits per heavy atom. The molecule has 75 heavy (non-hydrogen) atoms. The van der Waals surface area contributed by atoms with Crippen molar-refractivity contribution >= 4 is 113 Å². The van der Waals surface area contributed by atoms with E-state index in [2.05, 4.69) is 281 Å². The van der Waals surface area contributed by atoms with Gasteiger partial charge in [-0.25, -0.2) is 0 Å². The first-order valence-corrected chi connectivity index (χ1v) is 32.1. The van der Waals surface area contributed by atoms with Gasteiger partial charge >= 0.3 is 0 Å². The summed E-state index contributed by atoms with van der Waals surface area (Å²) in [5, 5.41) is 22.8. The van der Waals surface area contributed by atoms with E-state index in [4.69, 9.17) is 4.12 Å². The predicted octanol–water partition coefficient (Wildman–Crippen LogP) is 19.1. The Labute approximate surface area is 440 Å². The molecule has 0 unspecified atom stereocenters. The average Bonchev–Trinajstić information content (AvgIpc) is 3.45. The van der Waals surface area contributed by atoms with Crippen LogP contribution in [0.1, 0.15) is 0 Å². The zero-order valence-corrected chi connectivity index (χ0v) is 44.7. The summed E-state index contributed by atoms with van der Waals surface area (Å²) in [7, 11) is -4.75. The molecule has 0 spiro atoms. The van der Waals surface area contributed by atoms with Gasteiger partial charge in [0.2, 0.25) is 16.6 Å². The maximum atomic E-state index is 7.49. The Bertz CT molecular complexity index is 4230. The van der Waals surface area contributed by atoms with Gasteiger partial charge in [-0.1, -0.05) is 231 Å². The van der Waals surface area contributed by atoms with Crippen molar-refractivity contribution in [3.8, 4) is 44.5 Å². The molecule has 0 aliphatic carbocycles. The standard InChI is InChI=1S/C72H54OSi2/c1-74(2,59-39-37-51-43-57(35-31-53(51)45-59)71-65-25-13-9-21-61(65)69(62-22-10-14-26-66(62)71)55-33-29-47-17-5-7-19-49(47)41-55)73-75(3,4)60-40-38-52-44-58(36-32-54(52)46-60)72-67-27-15-11-23-63(67)70(64-24-12-16-28-68(64)72)56-34-30-48-18-6-8-20-50(48)42-56/h5-46H,1-4H3. The van der Waals surface area contributed by atoms with Crippen molar-refractivity contribution in [3.05, 3.63) is 255 Å². The zero-order valence-electron chi connectivity index (χ0n) is 42.7. The van der Waals surface area contributed by atoms with Crippen LogP contribution in [0.4, 0.5) is 0 Å². The third kappa shape index (κ3) is 7.69. The van der Waals surface area contributed by atoms with Crippen LogP contribution in [0.25, 0.3) is 131 Å². The number of hydrogen-bond donors (Lipinski definition) is 0. The van der Waals surface area contributed by atoms with Gasteiger partial charge in [0.25, 0.3) is 0 Å². The lowest BCUT2D eigenvalue weighted by molar-refractivity contribution is 0.573. The first-order chi connectivity index (χ1) is 36.6. The second kappa shape index (κ2) is 17.6. The molecule has 0 bridgehead atoms. The Morgan fingerprint density at radius 3 is 0.720 bits per heavy atom. The van der Waals surface area contributed by atoms with Gasteiger partial charge in [0.1, 0.15) is 0 Å². The maximum absolute atomic E-state index is 7.49. The first kappa shape index (κ1) is 45.2. The molecular formula is C72H54OSi2. The molecule has 14 aromatic carbocycles. The van der Waals surface area contributed by atoms with E-state index in [1.807, 2.05) is 0 Å². The summed E-state index contributed by atoms with van der Waals surface area (Å²) < 4.78 is 7.49. The van der Waals surface area contributed by atoms with Gasteiger partial charge in [-0.15, -0.1) is 0 Å². The third-order valence-electron chi connectivity index (χ3n) is 16.1. The molecule has 0 heterocycles. The van der Waals surface area contributed by atoms with Crippen LogP contribution in [0, 0.1) is 0 Å². The van der Waals surface area contributed by atoms with Crippen LogP contribution in [0.2, 0.25) is 26.2 Å².